The fraction of sp³-hybridized carbons (Fsp3) is 0.400. The summed E-state index contributed by atoms with van der Waals surface area (Å²) < 4.78 is 16.4. The zero-order valence-corrected chi connectivity index (χ0v) is 12.3. The van der Waals surface area contributed by atoms with Crippen molar-refractivity contribution in [3.8, 4) is 11.6 Å². The van der Waals surface area contributed by atoms with Crippen LogP contribution in [0, 0.1) is 0 Å². The van der Waals surface area contributed by atoms with E-state index in [0.29, 0.717) is 41.7 Å². The van der Waals surface area contributed by atoms with Gasteiger partial charge in [0.1, 0.15) is 19.0 Å². The van der Waals surface area contributed by atoms with Crippen LogP contribution in [0.5, 0.6) is 11.6 Å². The molecule has 1 aromatic carbocycles. The smallest absolute Gasteiger partial charge is 0.254 e. The molecule has 0 bridgehead atoms. The first kappa shape index (κ1) is 14.2. The van der Waals surface area contributed by atoms with E-state index in [1.165, 1.54) is 6.42 Å². The van der Waals surface area contributed by atoms with Gasteiger partial charge in [0.2, 0.25) is 0 Å². The second-order valence-corrected chi connectivity index (χ2v) is 5.42. The van der Waals surface area contributed by atoms with Crippen LogP contribution in [0.25, 0.3) is 0 Å². The molecule has 0 spiro atoms. The maximum absolute atomic E-state index is 5.89. The predicted octanol–water partition coefficient (Wildman–Crippen LogP) is 3.04. The van der Waals surface area contributed by atoms with Crippen molar-refractivity contribution in [3.63, 3.8) is 0 Å². The van der Waals surface area contributed by atoms with Crippen LogP contribution in [0.2, 0.25) is 5.02 Å². The summed E-state index contributed by atoms with van der Waals surface area (Å²) in [7, 11) is 0. The molecule has 0 saturated carbocycles. The van der Waals surface area contributed by atoms with Gasteiger partial charge in [0.05, 0.1) is 0 Å². The first-order valence-electron chi connectivity index (χ1n) is 7.00. The van der Waals surface area contributed by atoms with Gasteiger partial charge >= 0.3 is 0 Å². The Morgan fingerprint density at radius 2 is 2.29 bits per heavy atom. The zero-order valence-electron chi connectivity index (χ0n) is 11.5. The minimum atomic E-state index is 0.290. The molecule has 1 saturated heterocycles. The molecule has 1 aromatic heterocycles. The van der Waals surface area contributed by atoms with E-state index < -0.39 is 0 Å². The second kappa shape index (κ2) is 6.83. The lowest BCUT2D eigenvalue weighted by Gasteiger charge is -2.08. The largest absolute Gasteiger partial charge is 0.485 e. The van der Waals surface area contributed by atoms with Crippen molar-refractivity contribution in [1.29, 1.82) is 0 Å². The van der Waals surface area contributed by atoms with Crippen molar-refractivity contribution in [2.45, 2.75) is 25.5 Å². The van der Waals surface area contributed by atoms with Crippen LogP contribution in [-0.4, -0.2) is 24.4 Å². The number of ether oxygens (including phenoxy) is 2. The third-order valence-corrected chi connectivity index (χ3v) is 3.54. The van der Waals surface area contributed by atoms with Gasteiger partial charge in [0, 0.05) is 17.1 Å². The summed E-state index contributed by atoms with van der Waals surface area (Å²) in [6.45, 7) is 1.96. The van der Waals surface area contributed by atoms with Crippen molar-refractivity contribution < 1.29 is 14.0 Å². The molecule has 0 radical (unpaired) electrons. The van der Waals surface area contributed by atoms with E-state index in [9.17, 15) is 0 Å². The monoisotopic (exact) mass is 308 g/mol. The molecule has 0 aliphatic carbocycles. The van der Waals surface area contributed by atoms with Crippen molar-refractivity contribution in [3.05, 3.63) is 41.1 Å². The quantitative estimate of drug-likeness (QED) is 0.889. The standard InChI is InChI=1S/C15H17ClN2O3/c16-11-3-1-5-13(7-11)19-10-14-8-15(18-21-14)20-9-12-4-2-6-17-12/h1,3,5,7-8,12,17H,2,4,6,9-10H2/t12-/m0/s1. The number of rotatable bonds is 6. The Kier molecular flexibility index (Phi) is 4.62. The molecule has 2 heterocycles. The molecule has 1 aliphatic rings. The Balaban J connectivity index is 1.48. The highest BCUT2D eigenvalue weighted by Gasteiger charge is 2.15. The first-order chi connectivity index (χ1) is 10.3. The van der Waals surface area contributed by atoms with E-state index >= 15 is 0 Å². The minimum absolute atomic E-state index is 0.290. The van der Waals surface area contributed by atoms with Crippen molar-refractivity contribution >= 4 is 11.6 Å². The number of aromatic nitrogens is 1. The zero-order chi connectivity index (χ0) is 14.5. The van der Waals surface area contributed by atoms with Gasteiger partial charge in [-0.3, -0.25) is 0 Å². The number of halogens is 1. The average molecular weight is 309 g/mol. The highest BCUT2D eigenvalue weighted by molar-refractivity contribution is 6.30. The van der Waals surface area contributed by atoms with E-state index in [-0.39, 0.29) is 0 Å². The topological polar surface area (TPSA) is 56.5 Å². The summed E-state index contributed by atoms with van der Waals surface area (Å²) in [6.07, 6.45) is 2.34. The first-order valence-corrected chi connectivity index (χ1v) is 7.37. The molecule has 5 nitrogen and oxygen atoms in total. The highest BCUT2D eigenvalue weighted by atomic mass is 35.5. The van der Waals surface area contributed by atoms with Gasteiger partial charge in [-0.15, -0.1) is 0 Å². The van der Waals surface area contributed by atoms with E-state index in [2.05, 4.69) is 10.5 Å². The molecule has 6 heteroatoms. The lowest BCUT2D eigenvalue weighted by atomic mass is 10.2. The second-order valence-electron chi connectivity index (χ2n) is 4.98. The molecule has 1 aliphatic heterocycles. The number of hydrogen-bond donors (Lipinski definition) is 1. The van der Waals surface area contributed by atoms with Crippen LogP contribution in [0.1, 0.15) is 18.6 Å². The Hall–Kier alpha value is -1.72. The number of nitrogens with zero attached hydrogens (tertiary/aromatic N) is 1. The van der Waals surface area contributed by atoms with Gasteiger partial charge in [0.15, 0.2) is 5.76 Å². The van der Waals surface area contributed by atoms with E-state index in [4.69, 9.17) is 25.6 Å². The van der Waals surface area contributed by atoms with Crippen LogP contribution < -0.4 is 14.8 Å². The molecule has 3 rings (SSSR count). The van der Waals surface area contributed by atoms with E-state index in [0.717, 1.165) is 13.0 Å². The molecule has 1 N–H and O–H groups in total. The van der Waals surface area contributed by atoms with Gasteiger partial charge in [-0.05, 0) is 42.7 Å². The lowest BCUT2D eigenvalue weighted by Crippen LogP contribution is -2.28. The Bertz CT molecular complexity index is 582. The minimum Gasteiger partial charge on any atom is -0.485 e. The van der Waals surface area contributed by atoms with Gasteiger partial charge in [-0.1, -0.05) is 17.7 Å². The third-order valence-electron chi connectivity index (χ3n) is 3.31. The number of nitrogens with one attached hydrogen (secondary N) is 1. The summed E-state index contributed by atoms with van der Waals surface area (Å²) in [6, 6.07) is 9.38. The lowest BCUT2D eigenvalue weighted by molar-refractivity contribution is 0.230. The summed E-state index contributed by atoms with van der Waals surface area (Å²) in [5, 5.41) is 7.88. The third kappa shape index (κ3) is 4.12. The molecular weight excluding hydrogens is 292 g/mol. The molecule has 2 aromatic rings. The predicted molar refractivity (Wildman–Crippen MR) is 78.8 cm³/mol. The van der Waals surface area contributed by atoms with Gasteiger partial charge in [-0.25, -0.2) is 0 Å². The number of hydrogen-bond acceptors (Lipinski definition) is 5. The number of benzene rings is 1. The molecule has 112 valence electrons. The van der Waals surface area contributed by atoms with Crippen LogP contribution >= 0.6 is 11.6 Å². The van der Waals surface area contributed by atoms with Crippen LogP contribution in [0.4, 0.5) is 0 Å². The van der Waals surface area contributed by atoms with Crippen LogP contribution in [0.3, 0.4) is 0 Å². The van der Waals surface area contributed by atoms with E-state index in [1.54, 1.807) is 18.2 Å². The fourth-order valence-electron chi connectivity index (χ4n) is 2.23. The SMILES string of the molecule is Clc1cccc(OCc2cc(OC[C@@H]3CCCN3)no2)c1. The maximum atomic E-state index is 5.89. The Morgan fingerprint density at radius 3 is 3.10 bits per heavy atom. The summed E-state index contributed by atoms with van der Waals surface area (Å²) in [4.78, 5) is 0. The van der Waals surface area contributed by atoms with Gasteiger partial charge in [-0.2, -0.15) is 0 Å². The van der Waals surface area contributed by atoms with Crippen LogP contribution in [0.15, 0.2) is 34.9 Å². The molecule has 21 heavy (non-hydrogen) atoms. The summed E-state index contributed by atoms with van der Waals surface area (Å²) in [5.41, 5.74) is 0. The molecule has 1 atom stereocenters. The summed E-state index contributed by atoms with van der Waals surface area (Å²) >= 11 is 5.89. The molecule has 1 fully saturated rings. The molecule has 0 amide bonds. The summed E-state index contributed by atoms with van der Waals surface area (Å²) in [5.74, 6) is 1.80. The Morgan fingerprint density at radius 1 is 1.33 bits per heavy atom. The highest BCUT2D eigenvalue weighted by Crippen LogP contribution is 2.19. The molecule has 0 unspecified atom stereocenters. The average Bonchev–Trinajstić information content (AvgIpc) is 3.15. The fourth-order valence-corrected chi connectivity index (χ4v) is 2.41. The van der Waals surface area contributed by atoms with Crippen molar-refractivity contribution in [1.82, 2.24) is 10.5 Å². The van der Waals surface area contributed by atoms with E-state index in [1.807, 2.05) is 12.1 Å². The molecular formula is C15H17ClN2O3. The van der Waals surface area contributed by atoms with Gasteiger partial charge in [0.25, 0.3) is 5.88 Å². The van der Waals surface area contributed by atoms with Crippen LogP contribution in [-0.2, 0) is 6.61 Å². The Labute approximate surface area is 128 Å². The maximum Gasteiger partial charge on any atom is 0.254 e. The van der Waals surface area contributed by atoms with Crippen molar-refractivity contribution in [2.75, 3.05) is 13.2 Å². The normalized spacial score (nSPS) is 17.9. The van der Waals surface area contributed by atoms with Crippen molar-refractivity contribution in [2.24, 2.45) is 0 Å². The van der Waals surface area contributed by atoms with Gasteiger partial charge < -0.3 is 19.3 Å².